The predicted molar refractivity (Wildman–Crippen MR) is 79.5 cm³/mol. The molecule has 1 aromatic rings. The van der Waals surface area contributed by atoms with E-state index in [-0.39, 0.29) is 6.04 Å². The second kappa shape index (κ2) is 6.26. The molecule has 0 bridgehead atoms. The summed E-state index contributed by atoms with van der Waals surface area (Å²) in [4.78, 5) is 2.20. The summed E-state index contributed by atoms with van der Waals surface area (Å²) in [6, 6.07) is 6.16. The lowest BCUT2D eigenvalue weighted by molar-refractivity contribution is -0.137. The van der Waals surface area contributed by atoms with Gasteiger partial charge in [-0.25, -0.2) is 0 Å². The van der Waals surface area contributed by atoms with Crippen LogP contribution in [0.5, 0.6) is 0 Å². The monoisotopic (exact) mass is 300 g/mol. The number of hydrogen-bond donors (Lipinski definition) is 1. The van der Waals surface area contributed by atoms with Gasteiger partial charge in [0.25, 0.3) is 0 Å². The van der Waals surface area contributed by atoms with E-state index in [9.17, 15) is 13.2 Å². The minimum absolute atomic E-state index is 0.280. The van der Waals surface area contributed by atoms with Gasteiger partial charge in [-0.3, -0.25) is 0 Å². The Bertz CT molecular complexity index is 456. The van der Waals surface area contributed by atoms with Gasteiger partial charge in [-0.2, -0.15) is 13.2 Å². The van der Waals surface area contributed by atoms with Gasteiger partial charge in [-0.15, -0.1) is 0 Å². The highest BCUT2D eigenvalue weighted by molar-refractivity contribution is 5.49. The average molecular weight is 300 g/mol. The summed E-state index contributed by atoms with van der Waals surface area (Å²) in [5.74, 6) is 0.550. The molecule has 1 fully saturated rings. The van der Waals surface area contributed by atoms with Crippen LogP contribution in [0.15, 0.2) is 24.3 Å². The van der Waals surface area contributed by atoms with Crippen LogP contribution in [-0.2, 0) is 6.18 Å². The number of piperazine rings is 1. The van der Waals surface area contributed by atoms with E-state index >= 15 is 0 Å². The zero-order chi connectivity index (χ0) is 15.6. The summed E-state index contributed by atoms with van der Waals surface area (Å²) >= 11 is 0. The molecule has 118 valence electrons. The van der Waals surface area contributed by atoms with E-state index in [1.54, 1.807) is 12.1 Å². The highest BCUT2D eigenvalue weighted by Crippen LogP contribution is 2.31. The average Bonchev–Trinajstić information content (AvgIpc) is 2.46. The third kappa shape index (κ3) is 3.70. The molecule has 0 aliphatic carbocycles. The van der Waals surface area contributed by atoms with E-state index in [4.69, 9.17) is 0 Å². The zero-order valence-electron chi connectivity index (χ0n) is 12.7. The van der Waals surface area contributed by atoms with Crippen LogP contribution in [0.25, 0.3) is 0 Å². The van der Waals surface area contributed by atoms with Gasteiger partial charge < -0.3 is 10.2 Å². The van der Waals surface area contributed by atoms with Crippen molar-refractivity contribution in [3.63, 3.8) is 0 Å². The second-order valence-corrected chi connectivity index (χ2v) is 5.95. The fourth-order valence-electron chi connectivity index (χ4n) is 2.76. The highest BCUT2D eigenvalue weighted by atomic mass is 19.4. The van der Waals surface area contributed by atoms with Crippen LogP contribution in [0.3, 0.4) is 0 Å². The highest BCUT2D eigenvalue weighted by Gasteiger charge is 2.31. The first-order valence-electron chi connectivity index (χ1n) is 7.50. The first kappa shape index (κ1) is 16.1. The van der Waals surface area contributed by atoms with E-state index in [0.717, 1.165) is 25.2 Å². The number of benzene rings is 1. The van der Waals surface area contributed by atoms with Gasteiger partial charge >= 0.3 is 6.18 Å². The summed E-state index contributed by atoms with van der Waals surface area (Å²) in [5.41, 5.74) is 0.276. The molecule has 1 aliphatic rings. The maximum Gasteiger partial charge on any atom is 0.416 e. The quantitative estimate of drug-likeness (QED) is 0.910. The van der Waals surface area contributed by atoms with Gasteiger partial charge in [-0.05, 0) is 37.1 Å². The molecule has 2 nitrogen and oxygen atoms in total. The maximum absolute atomic E-state index is 12.6. The SMILES string of the molecule is CCC(C)C1CN(c2ccc(C(F)(F)F)cc2)C(C)CN1. The molecule has 3 atom stereocenters. The topological polar surface area (TPSA) is 15.3 Å². The van der Waals surface area contributed by atoms with Crippen molar-refractivity contribution in [2.24, 2.45) is 5.92 Å². The largest absolute Gasteiger partial charge is 0.416 e. The Hall–Kier alpha value is -1.23. The van der Waals surface area contributed by atoms with Gasteiger partial charge in [0.05, 0.1) is 5.56 Å². The number of alkyl halides is 3. The second-order valence-electron chi connectivity index (χ2n) is 5.95. The van der Waals surface area contributed by atoms with Gasteiger partial charge in [0.1, 0.15) is 0 Å². The summed E-state index contributed by atoms with van der Waals surface area (Å²) < 4.78 is 37.9. The number of rotatable bonds is 3. The van der Waals surface area contributed by atoms with Crippen molar-refractivity contribution < 1.29 is 13.2 Å². The molecule has 5 heteroatoms. The fourth-order valence-corrected chi connectivity index (χ4v) is 2.76. The number of nitrogens with one attached hydrogen (secondary N) is 1. The van der Waals surface area contributed by atoms with Crippen molar-refractivity contribution in [2.45, 2.75) is 45.5 Å². The Labute approximate surface area is 124 Å². The third-order valence-electron chi connectivity index (χ3n) is 4.46. The Morgan fingerprint density at radius 3 is 2.43 bits per heavy atom. The van der Waals surface area contributed by atoms with E-state index in [2.05, 4.69) is 31.0 Å². The maximum atomic E-state index is 12.6. The van der Waals surface area contributed by atoms with Crippen molar-refractivity contribution in [1.82, 2.24) is 5.32 Å². The van der Waals surface area contributed by atoms with E-state index < -0.39 is 11.7 Å². The first-order valence-corrected chi connectivity index (χ1v) is 7.50. The lowest BCUT2D eigenvalue weighted by atomic mass is 9.95. The van der Waals surface area contributed by atoms with Crippen LogP contribution in [0.1, 0.15) is 32.8 Å². The van der Waals surface area contributed by atoms with Gasteiger partial charge in [0, 0.05) is 30.9 Å². The Kier molecular flexibility index (Phi) is 4.81. The molecule has 1 heterocycles. The summed E-state index contributed by atoms with van der Waals surface area (Å²) in [6.45, 7) is 8.15. The molecule has 0 amide bonds. The predicted octanol–water partition coefficient (Wildman–Crippen LogP) is 3.92. The van der Waals surface area contributed by atoms with Gasteiger partial charge in [-0.1, -0.05) is 20.3 Å². The van der Waals surface area contributed by atoms with Gasteiger partial charge in [0.15, 0.2) is 0 Å². The van der Waals surface area contributed by atoms with E-state index in [1.807, 2.05) is 0 Å². The van der Waals surface area contributed by atoms with Crippen LogP contribution in [-0.4, -0.2) is 25.2 Å². The first-order chi connectivity index (χ1) is 9.82. The van der Waals surface area contributed by atoms with Crippen molar-refractivity contribution in [1.29, 1.82) is 0 Å². The molecule has 2 rings (SSSR count). The smallest absolute Gasteiger partial charge is 0.366 e. The zero-order valence-corrected chi connectivity index (χ0v) is 12.7. The molecule has 0 aromatic heterocycles. The lowest BCUT2D eigenvalue weighted by Crippen LogP contribution is -2.57. The minimum atomic E-state index is -4.27. The lowest BCUT2D eigenvalue weighted by Gasteiger charge is -2.42. The van der Waals surface area contributed by atoms with Crippen LogP contribution in [0.2, 0.25) is 0 Å². The molecule has 1 N–H and O–H groups in total. The molecular weight excluding hydrogens is 277 g/mol. The summed E-state index contributed by atoms with van der Waals surface area (Å²) in [7, 11) is 0. The Morgan fingerprint density at radius 2 is 1.90 bits per heavy atom. The van der Waals surface area contributed by atoms with E-state index in [1.165, 1.54) is 12.1 Å². The molecule has 0 saturated carbocycles. The fraction of sp³-hybridized carbons (Fsp3) is 0.625. The van der Waals surface area contributed by atoms with Crippen molar-refractivity contribution in [3.05, 3.63) is 29.8 Å². The summed E-state index contributed by atoms with van der Waals surface area (Å²) in [6.07, 6.45) is -3.18. The molecular formula is C16H23F3N2. The molecule has 21 heavy (non-hydrogen) atoms. The third-order valence-corrected chi connectivity index (χ3v) is 4.46. The van der Waals surface area contributed by atoms with Crippen molar-refractivity contribution in [3.8, 4) is 0 Å². The Morgan fingerprint density at radius 1 is 1.29 bits per heavy atom. The number of anilines is 1. The molecule has 0 radical (unpaired) electrons. The number of halogens is 3. The molecule has 0 spiro atoms. The Balaban J connectivity index is 2.15. The number of hydrogen-bond acceptors (Lipinski definition) is 2. The normalized spacial score (nSPS) is 25.0. The molecule has 1 saturated heterocycles. The van der Waals surface area contributed by atoms with Crippen LogP contribution < -0.4 is 10.2 Å². The molecule has 1 aromatic carbocycles. The van der Waals surface area contributed by atoms with Crippen LogP contribution in [0.4, 0.5) is 18.9 Å². The van der Waals surface area contributed by atoms with Crippen molar-refractivity contribution >= 4 is 5.69 Å². The molecule has 1 aliphatic heterocycles. The van der Waals surface area contributed by atoms with Crippen molar-refractivity contribution in [2.75, 3.05) is 18.0 Å². The van der Waals surface area contributed by atoms with Crippen LogP contribution in [0, 0.1) is 5.92 Å². The number of nitrogens with zero attached hydrogens (tertiary/aromatic N) is 1. The van der Waals surface area contributed by atoms with Crippen LogP contribution >= 0.6 is 0 Å². The summed E-state index contributed by atoms with van der Waals surface area (Å²) in [5, 5.41) is 3.53. The minimum Gasteiger partial charge on any atom is -0.366 e. The molecule has 3 unspecified atom stereocenters. The standard InChI is InChI=1S/C16H23F3N2/c1-4-11(2)15-10-21(12(3)9-20-15)14-7-5-13(6-8-14)16(17,18)19/h5-8,11-12,15,20H,4,9-10H2,1-3H3. The van der Waals surface area contributed by atoms with Gasteiger partial charge in [0.2, 0.25) is 0 Å². The van der Waals surface area contributed by atoms with E-state index in [0.29, 0.717) is 12.0 Å².